The predicted octanol–water partition coefficient (Wildman–Crippen LogP) is 6.88. The van der Waals surface area contributed by atoms with E-state index in [9.17, 15) is 5.26 Å². The molecule has 0 amide bonds. The lowest BCUT2D eigenvalue weighted by atomic mass is 9.90. The van der Waals surface area contributed by atoms with Gasteiger partial charge in [0.25, 0.3) is 0 Å². The Hall–Kier alpha value is -2.41. The number of hydrogen-bond donors (Lipinski definition) is 0. The smallest absolute Gasteiger partial charge is 0.159 e. The number of aryl methyl sites for hydroxylation is 1. The molecular formula is C26H35N3O. The van der Waals surface area contributed by atoms with E-state index in [2.05, 4.69) is 23.0 Å². The number of unbranched alkanes of at least 4 members (excludes halogenated alkanes) is 5. The van der Waals surface area contributed by atoms with Crippen LogP contribution in [0.3, 0.4) is 0 Å². The van der Waals surface area contributed by atoms with Gasteiger partial charge in [0.05, 0.1) is 12.2 Å². The van der Waals surface area contributed by atoms with Crippen molar-refractivity contribution in [3.63, 3.8) is 0 Å². The van der Waals surface area contributed by atoms with Crippen LogP contribution in [0.15, 0.2) is 30.6 Å². The molecular weight excluding hydrogens is 370 g/mol. The lowest BCUT2D eigenvalue weighted by Gasteiger charge is -2.22. The van der Waals surface area contributed by atoms with E-state index < -0.39 is 0 Å². The number of nitrogens with zero attached hydrogens (tertiary/aromatic N) is 3. The second-order valence-corrected chi connectivity index (χ2v) is 8.57. The van der Waals surface area contributed by atoms with Crippen LogP contribution in [0.2, 0.25) is 0 Å². The molecule has 1 aromatic carbocycles. The van der Waals surface area contributed by atoms with E-state index in [-0.39, 0.29) is 0 Å². The Labute approximate surface area is 181 Å². The maximum Gasteiger partial charge on any atom is 0.159 e. The number of nitriles is 1. The summed E-state index contributed by atoms with van der Waals surface area (Å²) in [6.45, 7) is 2.95. The van der Waals surface area contributed by atoms with Crippen molar-refractivity contribution in [2.45, 2.75) is 84.0 Å². The zero-order chi connectivity index (χ0) is 21.0. The molecule has 1 fully saturated rings. The highest BCUT2D eigenvalue weighted by atomic mass is 16.5. The standard InChI is InChI=1S/C26H35N3O/c1-2-3-4-5-6-8-13-22-18-28-26(29-19-22)23-14-15-25(24(16-23)17-27)30-20-21-11-9-7-10-12-21/h14-16,18-19,21H,2-13,20H2,1H3. The van der Waals surface area contributed by atoms with Gasteiger partial charge in [-0.1, -0.05) is 58.3 Å². The third kappa shape index (κ3) is 6.83. The molecule has 0 aliphatic heterocycles. The van der Waals surface area contributed by atoms with E-state index in [4.69, 9.17) is 4.74 Å². The van der Waals surface area contributed by atoms with E-state index >= 15 is 0 Å². The molecule has 0 N–H and O–H groups in total. The molecule has 2 aromatic rings. The van der Waals surface area contributed by atoms with Gasteiger partial charge in [-0.15, -0.1) is 0 Å². The van der Waals surface area contributed by atoms with E-state index in [1.165, 1.54) is 76.2 Å². The summed E-state index contributed by atoms with van der Waals surface area (Å²) in [4.78, 5) is 9.08. The van der Waals surface area contributed by atoms with Crippen LogP contribution >= 0.6 is 0 Å². The third-order valence-corrected chi connectivity index (χ3v) is 6.08. The van der Waals surface area contributed by atoms with Crippen LogP contribution in [0.4, 0.5) is 0 Å². The van der Waals surface area contributed by atoms with Crippen LogP contribution in [0.1, 0.15) is 88.7 Å². The molecule has 1 aromatic heterocycles. The average molecular weight is 406 g/mol. The fraction of sp³-hybridized carbons (Fsp3) is 0.577. The van der Waals surface area contributed by atoms with Crippen LogP contribution in [0, 0.1) is 17.2 Å². The fourth-order valence-electron chi connectivity index (χ4n) is 4.19. The summed E-state index contributed by atoms with van der Waals surface area (Å²) in [7, 11) is 0. The monoisotopic (exact) mass is 405 g/mol. The van der Waals surface area contributed by atoms with Gasteiger partial charge in [-0.3, -0.25) is 0 Å². The summed E-state index contributed by atoms with van der Waals surface area (Å²) >= 11 is 0. The van der Waals surface area contributed by atoms with Crippen molar-refractivity contribution < 1.29 is 4.74 Å². The molecule has 4 nitrogen and oxygen atoms in total. The SMILES string of the molecule is CCCCCCCCc1cnc(-c2ccc(OCC3CCCCC3)c(C#N)c2)nc1. The Balaban J connectivity index is 1.54. The molecule has 1 aliphatic rings. The van der Waals surface area contributed by atoms with Crippen molar-refractivity contribution in [2.75, 3.05) is 6.61 Å². The van der Waals surface area contributed by atoms with Crippen molar-refractivity contribution in [1.29, 1.82) is 5.26 Å². The van der Waals surface area contributed by atoms with E-state index in [0.29, 0.717) is 29.7 Å². The minimum Gasteiger partial charge on any atom is -0.492 e. The quantitative estimate of drug-likeness (QED) is 0.382. The first kappa shape index (κ1) is 22.3. The highest BCUT2D eigenvalue weighted by molar-refractivity contribution is 5.61. The molecule has 0 radical (unpaired) electrons. The van der Waals surface area contributed by atoms with Crippen LogP contribution in [0.5, 0.6) is 5.75 Å². The van der Waals surface area contributed by atoms with Crippen LogP contribution in [-0.2, 0) is 6.42 Å². The molecule has 1 heterocycles. The molecule has 160 valence electrons. The fourth-order valence-corrected chi connectivity index (χ4v) is 4.19. The predicted molar refractivity (Wildman–Crippen MR) is 121 cm³/mol. The molecule has 1 aliphatic carbocycles. The van der Waals surface area contributed by atoms with Gasteiger partial charge in [-0.25, -0.2) is 9.97 Å². The third-order valence-electron chi connectivity index (χ3n) is 6.08. The molecule has 30 heavy (non-hydrogen) atoms. The molecule has 0 bridgehead atoms. The van der Waals surface area contributed by atoms with Gasteiger partial charge >= 0.3 is 0 Å². The van der Waals surface area contributed by atoms with E-state index in [1.807, 2.05) is 30.6 Å². The first-order valence-corrected chi connectivity index (χ1v) is 11.8. The second-order valence-electron chi connectivity index (χ2n) is 8.57. The minimum absolute atomic E-state index is 0.558. The summed E-state index contributed by atoms with van der Waals surface area (Å²) in [5.74, 6) is 1.95. The summed E-state index contributed by atoms with van der Waals surface area (Å²) in [5.41, 5.74) is 2.60. The Morgan fingerprint density at radius 3 is 2.47 bits per heavy atom. The summed E-state index contributed by atoms with van der Waals surface area (Å²) in [6.07, 6.45) is 19.0. The lowest BCUT2D eigenvalue weighted by molar-refractivity contribution is 0.208. The van der Waals surface area contributed by atoms with Gasteiger partial charge in [-0.05, 0) is 55.4 Å². The molecule has 0 saturated heterocycles. The Kier molecular flexibility index (Phi) is 9.15. The van der Waals surface area contributed by atoms with Crippen LogP contribution in [-0.4, -0.2) is 16.6 Å². The first-order chi connectivity index (χ1) is 14.8. The molecule has 0 atom stereocenters. The van der Waals surface area contributed by atoms with Crippen molar-refractivity contribution in [3.8, 4) is 23.2 Å². The molecule has 1 saturated carbocycles. The first-order valence-electron chi connectivity index (χ1n) is 11.8. The Morgan fingerprint density at radius 1 is 1.00 bits per heavy atom. The molecule has 4 heteroatoms. The van der Waals surface area contributed by atoms with E-state index in [1.54, 1.807) is 0 Å². The van der Waals surface area contributed by atoms with Crippen LogP contribution < -0.4 is 4.74 Å². The van der Waals surface area contributed by atoms with Crippen molar-refractivity contribution in [3.05, 3.63) is 41.7 Å². The second kappa shape index (κ2) is 12.3. The van der Waals surface area contributed by atoms with Gasteiger partial charge in [0.1, 0.15) is 11.8 Å². The maximum absolute atomic E-state index is 9.57. The van der Waals surface area contributed by atoms with Crippen molar-refractivity contribution in [2.24, 2.45) is 5.92 Å². The van der Waals surface area contributed by atoms with Crippen molar-refractivity contribution in [1.82, 2.24) is 9.97 Å². The number of ether oxygens (including phenoxy) is 1. The minimum atomic E-state index is 0.558. The normalized spacial score (nSPS) is 14.4. The van der Waals surface area contributed by atoms with Gasteiger partial charge in [-0.2, -0.15) is 5.26 Å². The number of hydrogen-bond acceptors (Lipinski definition) is 4. The topological polar surface area (TPSA) is 58.8 Å². The van der Waals surface area contributed by atoms with Crippen LogP contribution in [0.25, 0.3) is 11.4 Å². The molecule has 0 unspecified atom stereocenters. The molecule has 0 spiro atoms. The van der Waals surface area contributed by atoms with Gasteiger partial charge in [0.2, 0.25) is 0 Å². The maximum atomic E-state index is 9.57. The number of aromatic nitrogens is 2. The summed E-state index contributed by atoms with van der Waals surface area (Å²) in [5, 5.41) is 9.57. The average Bonchev–Trinajstić information content (AvgIpc) is 2.81. The van der Waals surface area contributed by atoms with Gasteiger partial charge in [0.15, 0.2) is 5.82 Å². The largest absolute Gasteiger partial charge is 0.492 e. The number of benzene rings is 1. The highest BCUT2D eigenvalue weighted by Gasteiger charge is 2.15. The Bertz CT molecular complexity index is 804. The summed E-state index contributed by atoms with van der Waals surface area (Å²) < 4.78 is 5.99. The zero-order valence-corrected chi connectivity index (χ0v) is 18.4. The molecule has 3 rings (SSSR count). The summed E-state index contributed by atoms with van der Waals surface area (Å²) in [6, 6.07) is 7.97. The lowest BCUT2D eigenvalue weighted by Crippen LogP contribution is -2.15. The van der Waals surface area contributed by atoms with E-state index in [0.717, 1.165) is 12.0 Å². The van der Waals surface area contributed by atoms with Gasteiger partial charge < -0.3 is 4.74 Å². The number of rotatable bonds is 11. The Morgan fingerprint density at radius 2 is 1.73 bits per heavy atom. The van der Waals surface area contributed by atoms with Crippen molar-refractivity contribution >= 4 is 0 Å². The zero-order valence-electron chi connectivity index (χ0n) is 18.4. The highest BCUT2D eigenvalue weighted by Crippen LogP contribution is 2.28. The van der Waals surface area contributed by atoms with Gasteiger partial charge in [0, 0.05) is 18.0 Å².